The number of methoxy groups -OCH3 is 1. The Hall–Kier alpha value is -4.00. The third-order valence-electron chi connectivity index (χ3n) is 5.10. The van der Waals surface area contributed by atoms with E-state index in [9.17, 15) is 18.6 Å². The van der Waals surface area contributed by atoms with Gasteiger partial charge >= 0.3 is 12.2 Å². The molecule has 3 N–H and O–H groups in total. The average molecular weight is 531 g/mol. The number of ether oxygens (including phenoxy) is 2. The number of carbonyl (C=O) groups excluding carboxylic acids is 2. The van der Waals surface area contributed by atoms with Gasteiger partial charge in [-0.25, -0.2) is 14.7 Å². The highest BCUT2D eigenvalue weighted by Gasteiger charge is 2.25. The van der Waals surface area contributed by atoms with Crippen LogP contribution in [0.25, 0.3) is 11.1 Å². The Morgan fingerprint density at radius 1 is 1.16 bits per heavy atom. The first-order valence-corrected chi connectivity index (χ1v) is 12.8. The zero-order valence-electron chi connectivity index (χ0n) is 21.4. The lowest BCUT2D eigenvalue weighted by atomic mass is 10.0. The number of H-pyrrole nitrogens is 1. The van der Waals surface area contributed by atoms with Crippen molar-refractivity contribution in [2.45, 2.75) is 43.9 Å². The molecule has 2 aromatic heterocycles. The maximum Gasteiger partial charge on any atom is 0.411 e. The number of carbonyl (C=O) groups is 2. The number of aromatic nitrogens is 4. The molecule has 0 radical (unpaired) electrons. The minimum Gasteiger partial charge on any atom is -0.453 e. The van der Waals surface area contributed by atoms with Crippen molar-refractivity contribution < 1.29 is 23.3 Å². The fraction of sp³-hybridized carbons (Fsp3) is 0.375. The summed E-state index contributed by atoms with van der Waals surface area (Å²) >= 11 is 0. The van der Waals surface area contributed by atoms with E-state index in [2.05, 4.69) is 30.7 Å². The van der Waals surface area contributed by atoms with E-state index in [1.165, 1.54) is 11.8 Å². The average Bonchev–Trinajstić information content (AvgIpc) is 3.21. The molecule has 198 valence electrons. The largest absolute Gasteiger partial charge is 0.453 e. The van der Waals surface area contributed by atoms with Crippen molar-refractivity contribution in [3.63, 3.8) is 0 Å². The van der Waals surface area contributed by atoms with E-state index in [4.69, 9.17) is 4.74 Å². The number of hydrogen-bond donors (Lipinski definition) is 3. The minimum atomic E-state index is -1.29. The van der Waals surface area contributed by atoms with E-state index in [0.717, 1.165) is 0 Å². The predicted molar refractivity (Wildman–Crippen MR) is 138 cm³/mol. The molecule has 0 aliphatic rings. The molecule has 3 rings (SSSR count). The summed E-state index contributed by atoms with van der Waals surface area (Å²) in [5.41, 5.74) is 1.26. The van der Waals surface area contributed by atoms with Crippen LogP contribution in [0.15, 0.2) is 46.2 Å². The summed E-state index contributed by atoms with van der Waals surface area (Å²) in [6.45, 7) is 5.26. The van der Waals surface area contributed by atoms with Gasteiger partial charge in [-0.1, -0.05) is 12.1 Å². The highest BCUT2D eigenvalue weighted by atomic mass is 32.2. The van der Waals surface area contributed by atoms with Crippen LogP contribution >= 0.6 is 0 Å². The van der Waals surface area contributed by atoms with E-state index in [1.807, 2.05) is 0 Å². The molecule has 2 unspecified atom stereocenters. The molecule has 3 aromatic rings. The Labute approximate surface area is 216 Å². The molecule has 37 heavy (non-hydrogen) atoms. The van der Waals surface area contributed by atoms with Crippen LogP contribution in [0.4, 0.5) is 15.3 Å². The molecule has 0 aliphatic carbocycles. The summed E-state index contributed by atoms with van der Waals surface area (Å²) in [6.07, 6.45) is 0.446. The maximum absolute atomic E-state index is 12.6. The van der Waals surface area contributed by atoms with Gasteiger partial charge in [0.25, 0.3) is 5.56 Å². The second-order valence-corrected chi connectivity index (χ2v) is 10.5. The molecule has 0 fully saturated rings. The summed E-state index contributed by atoms with van der Waals surface area (Å²) in [4.78, 5) is 36.5. The third-order valence-corrected chi connectivity index (χ3v) is 6.07. The molecule has 2 atom stereocenters. The van der Waals surface area contributed by atoms with Crippen LogP contribution in [-0.2, 0) is 33.7 Å². The fourth-order valence-corrected chi connectivity index (χ4v) is 4.17. The zero-order chi connectivity index (χ0) is 27.3. The third kappa shape index (κ3) is 7.49. The van der Waals surface area contributed by atoms with Gasteiger partial charge in [0.1, 0.15) is 10.6 Å². The Morgan fingerprint density at radius 3 is 2.41 bits per heavy atom. The molecule has 0 saturated carbocycles. The Morgan fingerprint density at radius 2 is 1.84 bits per heavy atom. The second-order valence-electron chi connectivity index (χ2n) is 9.18. The van der Waals surface area contributed by atoms with Gasteiger partial charge in [-0.15, -0.1) is 0 Å². The number of rotatable bonds is 7. The van der Waals surface area contributed by atoms with E-state index in [0.29, 0.717) is 33.2 Å². The lowest BCUT2D eigenvalue weighted by molar-refractivity contribution is 0.0501. The smallest absolute Gasteiger partial charge is 0.411 e. The molecule has 2 heterocycles. The van der Waals surface area contributed by atoms with Gasteiger partial charge < -0.3 is 14.8 Å². The van der Waals surface area contributed by atoms with Gasteiger partial charge in [-0.3, -0.25) is 19.0 Å². The van der Waals surface area contributed by atoms with Crippen LogP contribution < -0.4 is 16.2 Å². The monoisotopic (exact) mass is 530 g/mol. The number of anilines is 1. The highest BCUT2D eigenvalue weighted by Crippen LogP contribution is 2.23. The predicted octanol–water partition coefficient (Wildman–Crippen LogP) is 2.89. The Kier molecular flexibility index (Phi) is 8.48. The lowest BCUT2D eigenvalue weighted by Crippen LogP contribution is -2.36. The van der Waals surface area contributed by atoms with Crippen molar-refractivity contribution >= 4 is 28.7 Å². The van der Waals surface area contributed by atoms with Gasteiger partial charge in [0, 0.05) is 25.4 Å². The number of hydrogen-bond acceptors (Lipinski definition) is 8. The van der Waals surface area contributed by atoms with E-state index in [-0.39, 0.29) is 6.42 Å². The Balaban J connectivity index is 1.92. The first-order valence-electron chi connectivity index (χ1n) is 11.3. The molecular formula is C24H30N6O6S. The quantitative estimate of drug-likeness (QED) is 0.421. The van der Waals surface area contributed by atoms with E-state index >= 15 is 0 Å². The first kappa shape index (κ1) is 27.6. The van der Waals surface area contributed by atoms with Crippen molar-refractivity contribution in [3.05, 3.63) is 58.1 Å². The molecule has 2 amide bonds. The first-order chi connectivity index (χ1) is 17.4. The molecule has 12 nitrogen and oxygen atoms in total. The second kappa shape index (κ2) is 11.4. The summed E-state index contributed by atoms with van der Waals surface area (Å²) in [7, 11) is 1.64. The van der Waals surface area contributed by atoms with Gasteiger partial charge in [-0.2, -0.15) is 10.2 Å². The normalized spacial score (nSPS) is 12.9. The lowest BCUT2D eigenvalue weighted by Gasteiger charge is -2.23. The van der Waals surface area contributed by atoms with Crippen molar-refractivity contribution in [3.8, 4) is 11.1 Å². The fourth-order valence-electron chi connectivity index (χ4n) is 3.47. The molecule has 0 aliphatic heterocycles. The van der Waals surface area contributed by atoms with Crippen molar-refractivity contribution in [1.82, 2.24) is 25.3 Å². The van der Waals surface area contributed by atoms with Crippen LogP contribution in [0.1, 0.15) is 38.2 Å². The molecule has 13 heteroatoms. The number of amides is 2. The van der Waals surface area contributed by atoms with Crippen LogP contribution in [-0.4, -0.2) is 55.3 Å². The van der Waals surface area contributed by atoms with Gasteiger partial charge in [0.2, 0.25) is 0 Å². The van der Waals surface area contributed by atoms with Crippen LogP contribution in [0.5, 0.6) is 0 Å². The zero-order valence-corrected chi connectivity index (χ0v) is 22.3. The summed E-state index contributed by atoms with van der Waals surface area (Å²) in [5, 5.41) is 16.9. The van der Waals surface area contributed by atoms with Gasteiger partial charge in [-0.05, 0) is 50.6 Å². The number of alkyl carbamates (subject to hydrolysis) is 1. The highest BCUT2D eigenvalue weighted by molar-refractivity contribution is 7.84. The van der Waals surface area contributed by atoms with Crippen LogP contribution in [0, 0.1) is 0 Å². The molecule has 0 bridgehead atoms. The number of aryl methyl sites for hydroxylation is 1. The molecular weight excluding hydrogens is 500 g/mol. The van der Waals surface area contributed by atoms with Crippen molar-refractivity contribution in [2.75, 3.05) is 18.7 Å². The summed E-state index contributed by atoms with van der Waals surface area (Å²) in [6, 6.07) is 9.22. The minimum absolute atomic E-state index is 0.164. The number of nitrogens with one attached hydrogen (secondary N) is 3. The van der Waals surface area contributed by atoms with E-state index in [1.54, 1.807) is 70.5 Å². The van der Waals surface area contributed by atoms with Crippen LogP contribution in [0.3, 0.4) is 0 Å². The Bertz CT molecular complexity index is 1360. The van der Waals surface area contributed by atoms with Crippen molar-refractivity contribution in [2.24, 2.45) is 7.05 Å². The van der Waals surface area contributed by atoms with Gasteiger partial charge in [0.05, 0.1) is 40.9 Å². The van der Waals surface area contributed by atoms with E-state index < -0.39 is 40.2 Å². The molecule has 0 saturated heterocycles. The molecule has 1 aromatic carbocycles. The summed E-state index contributed by atoms with van der Waals surface area (Å²) in [5.74, 6) is 0. The topological polar surface area (TPSA) is 157 Å². The SMILES string of the molecule is COC(=O)Nc1ccc(-c2cc(CC(NC(=O)OC(C)(C)C)c3cc(S(C)=O)n(C)n3)n[nH]c2=O)cc1. The van der Waals surface area contributed by atoms with Crippen LogP contribution in [0.2, 0.25) is 0 Å². The summed E-state index contributed by atoms with van der Waals surface area (Å²) < 4.78 is 23.5. The number of aromatic amines is 1. The molecule has 0 spiro atoms. The number of benzene rings is 1. The standard InChI is InChI=1S/C24H30N6O6S/c1-24(2,3)36-23(33)26-18(19-13-20(37(6)34)30(4)29-19)12-16-11-17(21(31)28-27-16)14-7-9-15(10-8-14)25-22(32)35-5/h7-11,13,18H,12H2,1-6H3,(H,25,32)(H,26,33)(H,28,31). The van der Waals surface area contributed by atoms with Gasteiger partial charge in [0.15, 0.2) is 0 Å². The number of nitrogens with zero attached hydrogens (tertiary/aromatic N) is 3. The van der Waals surface area contributed by atoms with Crippen molar-refractivity contribution in [1.29, 1.82) is 0 Å². The maximum atomic E-state index is 12.6.